The molecular formula is C22H18F3N3O2. The quantitative estimate of drug-likeness (QED) is 0.624. The number of hydrogen-bond donors (Lipinski definition) is 0. The minimum absolute atomic E-state index is 0.0582. The number of likely N-dealkylation sites (tertiary alicyclic amines) is 1. The Labute approximate surface area is 170 Å². The molecule has 0 N–H and O–H groups in total. The van der Waals surface area contributed by atoms with Gasteiger partial charge in [0.2, 0.25) is 12.1 Å². The summed E-state index contributed by atoms with van der Waals surface area (Å²) in [6, 6.07) is 12.7. The lowest BCUT2D eigenvalue weighted by Crippen LogP contribution is -2.36. The zero-order valence-electron chi connectivity index (χ0n) is 15.9. The summed E-state index contributed by atoms with van der Waals surface area (Å²) in [6.07, 6.45) is -1.28. The fraction of sp³-hybridized carbons (Fsp3) is 0.273. The van der Waals surface area contributed by atoms with E-state index in [9.17, 15) is 18.0 Å². The zero-order valence-corrected chi connectivity index (χ0v) is 15.9. The van der Waals surface area contributed by atoms with Gasteiger partial charge in [-0.15, -0.1) is 0 Å². The van der Waals surface area contributed by atoms with Crippen LogP contribution >= 0.6 is 0 Å². The molecule has 1 aromatic heterocycles. The summed E-state index contributed by atoms with van der Waals surface area (Å²) in [5.41, 5.74) is 1.96. The number of benzene rings is 2. The minimum Gasteiger partial charge on any atom is -0.370 e. The molecule has 3 aromatic rings. The third kappa shape index (κ3) is 3.12. The number of carbonyl (C=O) groups excluding carboxylic acids is 1. The molecule has 1 unspecified atom stereocenters. The molecule has 0 spiro atoms. The van der Waals surface area contributed by atoms with Crippen molar-refractivity contribution in [2.75, 3.05) is 6.54 Å². The van der Waals surface area contributed by atoms with Gasteiger partial charge in [0.05, 0.1) is 23.2 Å². The third-order valence-corrected chi connectivity index (χ3v) is 5.58. The van der Waals surface area contributed by atoms with Crippen molar-refractivity contribution in [3.05, 3.63) is 65.9 Å². The molecule has 3 heterocycles. The van der Waals surface area contributed by atoms with Crippen LogP contribution in [0.5, 0.6) is 0 Å². The van der Waals surface area contributed by atoms with E-state index in [2.05, 4.69) is 5.16 Å². The van der Waals surface area contributed by atoms with Gasteiger partial charge in [-0.3, -0.25) is 4.79 Å². The molecule has 1 saturated heterocycles. The van der Waals surface area contributed by atoms with E-state index < -0.39 is 18.0 Å². The Morgan fingerprint density at radius 2 is 1.93 bits per heavy atom. The highest BCUT2D eigenvalue weighted by molar-refractivity contribution is 6.11. The van der Waals surface area contributed by atoms with Crippen LogP contribution < -0.4 is 0 Å². The normalized spacial score (nSPS) is 19.4. The molecule has 154 valence electrons. The summed E-state index contributed by atoms with van der Waals surface area (Å²) < 4.78 is 41.3. The zero-order chi connectivity index (χ0) is 20.9. The molecule has 2 aliphatic rings. The van der Waals surface area contributed by atoms with Crippen LogP contribution in [0.15, 0.2) is 59.9 Å². The van der Waals surface area contributed by atoms with Crippen LogP contribution in [0.3, 0.4) is 0 Å². The van der Waals surface area contributed by atoms with E-state index in [1.54, 1.807) is 21.7 Å². The van der Waals surface area contributed by atoms with Gasteiger partial charge >= 0.3 is 6.18 Å². The van der Waals surface area contributed by atoms with Crippen LogP contribution in [-0.2, 0) is 15.8 Å². The first-order chi connectivity index (χ1) is 14.4. The number of oxime groups is 1. The van der Waals surface area contributed by atoms with Gasteiger partial charge < -0.3 is 14.3 Å². The Balaban J connectivity index is 1.54. The number of rotatable bonds is 3. The van der Waals surface area contributed by atoms with Gasteiger partial charge in [-0.2, -0.15) is 13.2 Å². The predicted molar refractivity (Wildman–Crippen MR) is 105 cm³/mol. The Morgan fingerprint density at radius 1 is 1.10 bits per heavy atom. The number of hydrogen-bond acceptors (Lipinski definition) is 3. The van der Waals surface area contributed by atoms with Crippen LogP contribution in [0, 0.1) is 0 Å². The first kappa shape index (κ1) is 18.7. The number of nitrogens with zero attached hydrogens (tertiary/aromatic N) is 3. The average molecular weight is 413 g/mol. The molecule has 0 radical (unpaired) electrons. The topological polar surface area (TPSA) is 46.8 Å². The molecule has 1 fully saturated rings. The fourth-order valence-electron chi connectivity index (χ4n) is 4.12. The Morgan fingerprint density at radius 3 is 2.70 bits per heavy atom. The van der Waals surface area contributed by atoms with Crippen molar-refractivity contribution in [2.24, 2.45) is 5.16 Å². The number of para-hydroxylation sites is 1. The summed E-state index contributed by atoms with van der Waals surface area (Å²) in [7, 11) is 0. The molecule has 2 aliphatic heterocycles. The molecule has 1 amide bonds. The maximum absolute atomic E-state index is 13.2. The fourth-order valence-corrected chi connectivity index (χ4v) is 4.12. The summed E-state index contributed by atoms with van der Waals surface area (Å²) in [5.74, 6) is 0.0582. The third-order valence-electron chi connectivity index (χ3n) is 5.58. The van der Waals surface area contributed by atoms with E-state index in [-0.39, 0.29) is 5.91 Å². The number of aromatic nitrogens is 1. The van der Waals surface area contributed by atoms with E-state index in [0.29, 0.717) is 30.8 Å². The number of alkyl halides is 3. The molecule has 30 heavy (non-hydrogen) atoms. The molecule has 0 saturated carbocycles. The second-order valence-electron chi connectivity index (χ2n) is 7.47. The first-order valence-corrected chi connectivity index (χ1v) is 9.72. The second kappa shape index (κ2) is 6.90. The van der Waals surface area contributed by atoms with E-state index in [1.165, 1.54) is 6.07 Å². The van der Waals surface area contributed by atoms with Gasteiger partial charge in [0, 0.05) is 35.8 Å². The highest BCUT2D eigenvalue weighted by atomic mass is 19.4. The van der Waals surface area contributed by atoms with E-state index in [1.807, 2.05) is 24.3 Å². The maximum atomic E-state index is 13.2. The minimum atomic E-state index is -4.42. The molecule has 5 nitrogen and oxygen atoms in total. The van der Waals surface area contributed by atoms with E-state index >= 15 is 0 Å². The molecule has 8 heteroatoms. The maximum Gasteiger partial charge on any atom is 0.416 e. The lowest BCUT2D eigenvalue weighted by Gasteiger charge is -2.20. The molecule has 0 bridgehead atoms. The largest absolute Gasteiger partial charge is 0.416 e. The average Bonchev–Trinajstić information content (AvgIpc) is 3.45. The molecular weight excluding hydrogens is 395 g/mol. The van der Waals surface area contributed by atoms with Crippen LogP contribution in [0.25, 0.3) is 16.6 Å². The lowest BCUT2D eigenvalue weighted by molar-refractivity contribution is -0.139. The SMILES string of the molecule is O=C1CCCN1C1CC(c2cn(-c3cccc(C(F)(F)F)c3)c3ccccc23)=NO1. The highest BCUT2D eigenvalue weighted by Gasteiger charge is 2.35. The Kier molecular flexibility index (Phi) is 4.30. The van der Waals surface area contributed by atoms with Gasteiger partial charge in [0.1, 0.15) is 0 Å². The molecule has 5 rings (SSSR count). The summed E-state index contributed by atoms with van der Waals surface area (Å²) in [4.78, 5) is 19.3. The monoisotopic (exact) mass is 413 g/mol. The Hall–Kier alpha value is -3.29. The van der Waals surface area contributed by atoms with Gasteiger partial charge in [-0.25, -0.2) is 0 Å². The molecule has 0 aliphatic carbocycles. The van der Waals surface area contributed by atoms with Crippen LogP contribution in [-0.4, -0.2) is 33.9 Å². The van der Waals surface area contributed by atoms with Crippen molar-refractivity contribution < 1.29 is 22.8 Å². The van der Waals surface area contributed by atoms with E-state index in [4.69, 9.17) is 4.84 Å². The number of fused-ring (bicyclic) bond motifs is 1. The molecule has 2 aromatic carbocycles. The number of carbonyl (C=O) groups is 1. The summed E-state index contributed by atoms with van der Waals surface area (Å²) in [6.45, 7) is 0.651. The highest BCUT2D eigenvalue weighted by Crippen LogP contribution is 2.33. The van der Waals surface area contributed by atoms with Gasteiger partial charge in [-0.05, 0) is 30.7 Å². The van der Waals surface area contributed by atoms with Crippen LogP contribution in [0.2, 0.25) is 0 Å². The predicted octanol–water partition coefficient (Wildman–Crippen LogP) is 4.72. The van der Waals surface area contributed by atoms with E-state index in [0.717, 1.165) is 35.0 Å². The van der Waals surface area contributed by atoms with Crippen LogP contribution in [0.4, 0.5) is 13.2 Å². The number of amides is 1. The summed E-state index contributed by atoms with van der Waals surface area (Å²) in [5, 5.41) is 5.08. The second-order valence-corrected chi connectivity index (χ2v) is 7.47. The van der Waals surface area contributed by atoms with Crippen molar-refractivity contribution in [3.8, 4) is 5.69 Å². The standard InChI is InChI=1S/C22H18F3N3O2/c23-22(24,25)14-5-3-6-15(11-14)28-13-17(16-7-1-2-8-19(16)28)18-12-21(30-26-18)27-10-4-9-20(27)29/h1-3,5-8,11,13,21H,4,9-10,12H2. The van der Waals surface area contributed by atoms with Crippen molar-refractivity contribution in [1.82, 2.24) is 9.47 Å². The smallest absolute Gasteiger partial charge is 0.370 e. The van der Waals surface area contributed by atoms with Crippen molar-refractivity contribution in [2.45, 2.75) is 31.7 Å². The van der Waals surface area contributed by atoms with Gasteiger partial charge in [0.15, 0.2) is 0 Å². The van der Waals surface area contributed by atoms with Crippen molar-refractivity contribution in [1.29, 1.82) is 0 Å². The molecule has 1 atom stereocenters. The van der Waals surface area contributed by atoms with Gasteiger partial charge in [-0.1, -0.05) is 29.4 Å². The number of halogens is 3. The van der Waals surface area contributed by atoms with Crippen molar-refractivity contribution in [3.63, 3.8) is 0 Å². The van der Waals surface area contributed by atoms with Crippen LogP contribution in [0.1, 0.15) is 30.4 Å². The lowest BCUT2D eigenvalue weighted by atomic mass is 10.1. The summed E-state index contributed by atoms with van der Waals surface area (Å²) >= 11 is 0. The first-order valence-electron chi connectivity index (χ1n) is 9.72. The Bertz CT molecular complexity index is 1170. The van der Waals surface area contributed by atoms with Crippen molar-refractivity contribution >= 4 is 22.5 Å². The van der Waals surface area contributed by atoms with Gasteiger partial charge in [0.25, 0.3) is 0 Å².